The SMILES string of the molecule is CCOC(=O)COc1cc(C(C)=CC(=O)N(CC)CC)ccc1OCc1c(F)cccc1Cl. The van der Waals surface area contributed by atoms with Crippen LogP contribution in [0.4, 0.5) is 4.39 Å². The maximum Gasteiger partial charge on any atom is 0.344 e. The monoisotopic (exact) mass is 477 g/mol. The Morgan fingerprint density at radius 2 is 1.79 bits per heavy atom. The molecule has 6 nitrogen and oxygen atoms in total. The second kappa shape index (κ2) is 12.8. The number of nitrogens with zero attached hydrogens (tertiary/aromatic N) is 1. The van der Waals surface area contributed by atoms with Crippen LogP contribution in [0, 0.1) is 5.82 Å². The van der Waals surface area contributed by atoms with E-state index in [0.717, 1.165) is 5.57 Å². The van der Waals surface area contributed by atoms with Gasteiger partial charge in [-0.15, -0.1) is 0 Å². The first-order valence-corrected chi connectivity index (χ1v) is 11.1. The van der Waals surface area contributed by atoms with Crippen LogP contribution in [0.15, 0.2) is 42.5 Å². The Balaban J connectivity index is 2.31. The van der Waals surface area contributed by atoms with Gasteiger partial charge in [-0.25, -0.2) is 9.18 Å². The number of amides is 1. The molecule has 0 saturated carbocycles. The summed E-state index contributed by atoms with van der Waals surface area (Å²) in [6.07, 6.45) is 1.55. The minimum atomic E-state index is -0.532. The van der Waals surface area contributed by atoms with Gasteiger partial charge >= 0.3 is 5.97 Å². The van der Waals surface area contributed by atoms with E-state index in [-0.39, 0.29) is 42.1 Å². The van der Waals surface area contributed by atoms with Crippen LogP contribution in [0.5, 0.6) is 11.5 Å². The fourth-order valence-corrected chi connectivity index (χ4v) is 3.26. The summed E-state index contributed by atoms with van der Waals surface area (Å²) in [6.45, 7) is 8.34. The normalized spacial score (nSPS) is 11.2. The van der Waals surface area contributed by atoms with Gasteiger partial charge in [0.05, 0.1) is 11.6 Å². The number of benzene rings is 2. The maximum atomic E-state index is 14.1. The zero-order chi connectivity index (χ0) is 24.4. The molecule has 2 aromatic rings. The van der Waals surface area contributed by atoms with Crippen LogP contribution in [-0.4, -0.2) is 43.1 Å². The molecule has 0 aromatic heterocycles. The standard InChI is InChI=1S/C25H29ClFNO5/c1-5-28(6-2)24(29)13-17(4)18-11-12-22(23(14-18)33-16-25(30)31-7-3)32-15-19-20(26)9-8-10-21(19)27/h8-14H,5-7,15-16H2,1-4H3. The number of carbonyl (C=O) groups is 2. The van der Waals surface area contributed by atoms with Gasteiger partial charge in [0.2, 0.25) is 5.91 Å². The number of carbonyl (C=O) groups excluding carboxylic acids is 2. The Morgan fingerprint density at radius 1 is 1.06 bits per heavy atom. The largest absolute Gasteiger partial charge is 0.485 e. The molecule has 0 aliphatic rings. The molecule has 0 aliphatic heterocycles. The van der Waals surface area contributed by atoms with Crippen LogP contribution in [0.3, 0.4) is 0 Å². The number of esters is 1. The lowest BCUT2D eigenvalue weighted by Gasteiger charge is -2.17. The van der Waals surface area contributed by atoms with Gasteiger partial charge in [-0.05, 0) is 63.1 Å². The molecule has 178 valence electrons. The highest BCUT2D eigenvalue weighted by Gasteiger charge is 2.14. The first-order valence-electron chi connectivity index (χ1n) is 10.8. The quantitative estimate of drug-likeness (QED) is 0.326. The number of hydrogen-bond acceptors (Lipinski definition) is 5. The fourth-order valence-electron chi connectivity index (χ4n) is 3.04. The first kappa shape index (κ1) is 26.2. The van der Waals surface area contributed by atoms with E-state index in [9.17, 15) is 14.0 Å². The number of halogens is 2. The summed E-state index contributed by atoms with van der Waals surface area (Å²) in [6, 6.07) is 9.45. The fraction of sp³-hybridized carbons (Fsp3) is 0.360. The van der Waals surface area contributed by atoms with Crippen molar-refractivity contribution in [1.82, 2.24) is 4.90 Å². The lowest BCUT2D eigenvalue weighted by atomic mass is 10.1. The Bertz CT molecular complexity index is 984. The van der Waals surface area contributed by atoms with Gasteiger partial charge in [0.25, 0.3) is 0 Å². The molecular formula is C25H29ClFNO5. The number of hydrogen-bond donors (Lipinski definition) is 0. The molecule has 0 spiro atoms. The number of likely N-dealkylation sites (N-methyl/N-ethyl adjacent to an activating group) is 1. The molecule has 0 saturated heterocycles. The maximum absolute atomic E-state index is 14.1. The minimum absolute atomic E-state index is 0.0963. The van der Waals surface area contributed by atoms with Crippen molar-refractivity contribution >= 4 is 29.1 Å². The lowest BCUT2D eigenvalue weighted by Crippen LogP contribution is -2.28. The molecule has 0 bridgehead atoms. The van der Waals surface area contributed by atoms with Crippen LogP contribution in [0.2, 0.25) is 5.02 Å². The summed E-state index contributed by atoms with van der Waals surface area (Å²) in [7, 11) is 0. The molecule has 0 atom stereocenters. The van der Waals surface area contributed by atoms with Crippen molar-refractivity contribution in [3.8, 4) is 11.5 Å². The van der Waals surface area contributed by atoms with Gasteiger partial charge in [0.1, 0.15) is 12.4 Å². The smallest absolute Gasteiger partial charge is 0.344 e. The van der Waals surface area contributed by atoms with E-state index in [1.165, 1.54) is 12.1 Å². The number of allylic oxidation sites excluding steroid dienone is 1. The molecule has 0 aliphatic carbocycles. The van der Waals surface area contributed by atoms with Crippen LogP contribution < -0.4 is 9.47 Å². The summed E-state index contributed by atoms with van der Waals surface area (Å²) in [4.78, 5) is 25.9. The second-order valence-corrected chi connectivity index (χ2v) is 7.49. The summed E-state index contributed by atoms with van der Waals surface area (Å²) < 4.78 is 30.4. The van der Waals surface area contributed by atoms with Gasteiger partial charge in [0, 0.05) is 24.7 Å². The van der Waals surface area contributed by atoms with E-state index >= 15 is 0 Å². The summed E-state index contributed by atoms with van der Waals surface area (Å²) in [5.74, 6) is -0.556. The van der Waals surface area contributed by atoms with Crippen molar-refractivity contribution in [3.63, 3.8) is 0 Å². The van der Waals surface area contributed by atoms with E-state index in [1.54, 1.807) is 42.2 Å². The third-order valence-electron chi connectivity index (χ3n) is 4.90. The molecular weight excluding hydrogens is 449 g/mol. The Labute approximate surface area is 198 Å². The van der Waals surface area contributed by atoms with Gasteiger partial charge < -0.3 is 19.1 Å². The van der Waals surface area contributed by atoms with Crippen LogP contribution >= 0.6 is 11.6 Å². The van der Waals surface area contributed by atoms with E-state index in [0.29, 0.717) is 24.4 Å². The van der Waals surface area contributed by atoms with E-state index in [1.807, 2.05) is 20.8 Å². The molecule has 33 heavy (non-hydrogen) atoms. The molecule has 0 heterocycles. The summed E-state index contributed by atoms with van der Waals surface area (Å²) >= 11 is 6.08. The predicted molar refractivity (Wildman–Crippen MR) is 126 cm³/mol. The third kappa shape index (κ3) is 7.49. The highest BCUT2D eigenvalue weighted by atomic mass is 35.5. The second-order valence-electron chi connectivity index (χ2n) is 7.08. The van der Waals surface area contributed by atoms with Crippen molar-refractivity contribution in [2.45, 2.75) is 34.3 Å². The summed E-state index contributed by atoms with van der Waals surface area (Å²) in [5.41, 5.74) is 1.64. The highest BCUT2D eigenvalue weighted by Crippen LogP contribution is 2.32. The molecule has 0 radical (unpaired) electrons. The van der Waals surface area contributed by atoms with Crippen LogP contribution in [0.25, 0.3) is 5.57 Å². The minimum Gasteiger partial charge on any atom is -0.485 e. The Hall–Kier alpha value is -3.06. The van der Waals surface area contributed by atoms with Crippen LogP contribution in [-0.2, 0) is 20.9 Å². The van der Waals surface area contributed by atoms with E-state index in [2.05, 4.69) is 0 Å². The molecule has 8 heteroatoms. The van der Waals surface area contributed by atoms with Crippen LogP contribution in [0.1, 0.15) is 38.8 Å². The Kier molecular flexibility index (Phi) is 10.2. The van der Waals surface area contributed by atoms with Crippen molar-refractivity contribution in [1.29, 1.82) is 0 Å². The first-order chi connectivity index (χ1) is 15.8. The molecule has 2 aromatic carbocycles. The van der Waals surface area contributed by atoms with Crippen molar-refractivity contribution < 1.29 is 28.2 Å². The molecule has 0 N–H and O–H groups in total. The number of rotatable bonds is 11. The molecule has 1 amide bonds. The third-order valence-corrected chi connectivity index (χ3v) is 5.25. The zero-order valence-electron chi connectivity index (χ0n) is 19.3. The van der Waals surface area contributed by atoms with Gasteiger partial charge in [0.15, 0.2) is 18.1 Å². The van der Waals surface area contributed by atoms with E-state index in [4.69, 9.17) is 25.8 Å². The van der Waals surface area contributed by atoms with Gasteiger partial charge in [-0.2, -0.15) is 0 Å². The summed E-state index contributed by atoms with van der Waals surface area (Å²) in [5, 5.41) is 0.245. The van der Waals surface area contributed by atoms with E-state index < -0.39 is 11.8 Å². The lowest BCUT2D eigenvalue weighted by molar-refractivity contribution is -0.145. The topological polar surface area (TPSA) is 65.1 Å². The van der Waals surface area contributed by atoms with Gasteiger partial charge in [-0.1, -0.05) is 23.7 Å². The zero-order valence-corrected chi connectivity index (χ0v) is 20.1. The predicted octanol–water partition coefficient (Wildman–Crippen LogP) is 5.27. The number of ether oxygens (including phenoxy) is 3. The average molecular weight is 478 g/mol. The average Bonchev–Trinajstić information content (AvgIpc) is 2.78. The molecule has 0 unspecified atom stereocenters. The molecule has 0 fully saturated rings. The molecule has 2 rings (SSSR count). The van der Waals surface area contributed by atoms with Crippen molar-refractivity contribution in [3.05, 3.63) is 64.4 Å². The van der Waals surface area contributed by atoms with Crippen molar-refractivity contribution in [2.24, 2.45) is 0 Å². The highest BCUT2D eigenvalue weighted by molar-refractivity contribution is 6.31. The Morgan fingerprint density at radius 3 is 2.42 bits per heavy atom. The van der Waals surface area contributed by atoms with Gasteiger partial charge in [-0.3, -0.25) is 4.79 Å². The van der Waals surface area contributed by atoms with Crippen molar-refractivity contribution in [2.75, 3.05) is 26.3 Å².